The van der Waals surface area contributed by atoms with Gasteiger partial charge in [0.2, 0.25) is 12.7 Å². The summed E-state index contributed by atoms with van der Waals surface area (Å²) in [6.45, 7) is 2.75. The molecular formula is C18H21ClN2O4. The first kappa shape index (κ1) is 18.7. The highest BCUT2D eigenvalue weighted by atomic mass is 35.5. The third-order valence-corrected chi connectivity index (χ3v) is 3.69. The van der Waals surface area contributed by atoms with Gasteiger partial charge in [0, 0.05) is 18.6 Å². The Bertz CT molecular complexity index is 735. The minimum Gasteiger partial charge on any atom is -0.494 e. The molecule has 25 heavy (non-hydrogen) atoms. The molecule has 2 aromatic rings. The van der Waals surface area contributed by atoms with Gasteiger partial charge >= 0.3 is 0 Å². The third kappa shape index (κ3) is 4.70. The van der Waals surface area contributed by atoms with Gasteiger partial charge in [-0.15, -0.1) is 12.4 Å². The Kier molecular flexibility index (Phi) is 6.36. The first-order chi connectivity index (χ1) is 11.7. The second kappa shape index (κ2) is 8.48. The van der Waals surface area contributed by atoms with Crippen molar-refractivity contribution >= 4 is 29.7 Å². The standard InChI is InChI=1S/C18H20N2O4.ClH/c1-2-22-13-6-3-12(4-7-13)5-8-18(21)20-15-10-17-16(9-14(15)19)23-11-24-17;/h3-4,6-7,9-10H,2,5,8,11,19H2,1H3,(H,20,21);1H. The van der Waals surface area contributed by atoms with Crippen LogP contribution in [0.1, 0.15) is 18.9 Å². The zero-order valence-electron chi connectivity index (χ0n) is 13.9. The fraction of sp³-hybridized carbons (Fsp3) is 0.278. The van der Waals surface area contributed by atoms with Gasteiger partial charge in [-0.2, -0.15) is 0 Å². The van der Waals surface area contributed by atoms with Gasteiger partial charge in [0.15, 0.2) is 11.5 Å². The summed E-state index contributed by atoms with van der Waals surface area (Å²) in [6, 6.07) is 11.1. The Hall–Kier alpha value is -2.60. The van der Waals surface area contributed by atoms with E-state index in [0.717, 1.165) is 11.3 Å². The maximum absolute atomic E-state index is 12.1. The molecule has 3 rings (SSSR count). The molecule has 0 saturated carbocycles. The van der Waals surface area contributed by atoms with Crippen molar-refractivity contribution in [3.8, 4) is 17.2 Å². The SMILES string of the molecule is CCOc1ccc(CCC(=O)Nc2cc3c(cc2N)OCO3)cc1.Cl. The molecule has 1 heterocycles. The normalized spacial score (nSPS) is 11.6. The number of ether oxygens (including phenoxy) is 3. The van der Waals surface area contributed by atoms with Crippen molar-refractivity contribution < 1.29 is 19.0 Å². The second-order valence-electron chi connectivity index (χ2n) is 5.42. The Morgan fingerprint density at radius 3 is 2.56 bits per heavy atom. The molecule has 134 valence electrons. The quantitative estimate of drug-likeness (QED) is 0.768. The molecule has 0 atom stereocenters. The molecule has 3 N–H and O–H groups in total. The predicted molar refractivity (Wildman–Crippen MR) is 98.8 cm³/mol. The molecule has 2 aromatic carbocycles. The van der Waals surface area contributed by atoms with E-state index >= 15 is 0 Å². The average molecular weight is 365 g/mol. The molecule has 6 nitrogen and oxygen atoms in total. The minimum atomic E-state index is -0.102. The number of halogens is 1. The molecule has 0 unspecified atom stereocenters. The number of nitrogen functional groups attached to an aromatic ring is 1. The number of benzene rings is 2. The minimum absolute atomic E-state index is 0. The highest BCUT2D eigenvalue weighted by molar-refractivity contribution is 5.94. The molecule has 0 bridgehead atoms. The van der Waals surface area contributed by atoms with Crippen molar-refractivity contribution in [2.75, 3.05) is 24.5 Å². The summed E-state index contributed by atoms with van der Waals surface area (Å²) in [5, 5.41) is 2.82. The van der Waals surface area contributed by atoms with Crippen molar-refractivity contribution in [1.29, 1.82) is 0 Å². The maximum Gasteiger partial charge on any atom is 0.231 e. The van der Waals surface area contributed by atoms with Gasteiger partial charge in [-0.1, -0.05) is 12.1 Å². The van der Waals surface area contributed by atoms with Gasteiger partial charge in [-0.3, -0.25) is 4.79 Å². The number of anilines is 2. The highest BCUT2D eigenvalue weighted by Gasteiger charge is 2.17. The van der Waals surface area contributed by atoms with Crippen molar-refractivity contribution in [3.05, 3.63) is 42.0 Å². The van der Waals surface area contributed by atoms with Gasteiger partial charge in [-0.05, 0) is 31.0 Å². The first-order valence-corrected chi connectivity index (χ1v) is 7.86. The van der Waals surface area contributed by atoms with Crippen LogP contribution in [0.4, 0.5) is 11.4 Å². The number of hydrogen-bond donors (Lipinski definition) is 2. The van der Waals surface area contributed by atoms with Crippen molar-refractivity contribution in [2.45, 2.75) is 19.8 Å². The predicted octanol–water partition coefficient (Wildman–Crippen LogP) is 3.39. The van der Waals surface area contributed by atoms with E-state index in [4.69, 9.17) is 19.9 Å². The maximum atomic E-state index is 12.1. The van der Waals surface area contributed by atoms with Crippen LogP contribution < -0.4 is 25.3 Å². The van der Waals surface area contributed by atoms with Crippen LogP contribution in [-0.4, -0.2) is 19.3 Å². The summed E-state index contributed by atoms with van der Waals surface area (Å²) in [5.74, 6) is 1.92. The molecule has 1 aliphatic heterocycles. The summed E-state index contributed by atoms with van der Waals surface area (Å²) >= 11 is 0. The van der Waals surface area contributed by atoms with Gasteiger partial charge in [0.25, 0.3) is 0 Å². The van der Waals surface area contributed by atoms with Crippen LogP contribution in [-0.2, 0) is 11.2 Å². The van der Waals surface area contributed by atoms with Crippen molar-refractivity contribution in [3.63, 3.8) is 0 Å². The number of rotatable bonds is 6. The molecule has 1 aliphatic rings. The number of aryl methyl sites for hydroxylation is 1. The van der Waals surface area contributed by atoms with E-state index < -0.39 is 0 Å². The zero-order valence-corrected chi connectivity index (χ0v) is 14.7. The van der Waals surface area contributed by atoms with E-state index in [1.807, 2.05) is 31.2 Å². The van der Waals surface area contributed by atoms with Crippen LogP contribution in [0.2, 0.25) is 0 Å². The van der Waals surface area contributed by atoms with E-state index in [1.165, 1.54) is 0 Å². The van der Waals surface area contributed by atoms with Gasteiger partial charge in [0.05, 0.1) is 18.0 Å². The molecule has 0 aliphatic carbocycles. The van der Waals surface area contributed by atoms with Crippen LogP contribution in [0, 0.1) is 0 Å². The van der Waals surface area contributed by atoms with Crippen LogP contribution in [0.5, 0.6) is 17.2 Å². The highest BCUT2D eigenvalue weighted by Crippen LogP contribution is 2.38. The van der Waals surface area contributed by atoms with Gasteiger partial charge in [0.1, 0.15) is 5.75 Å². The third-order valence-electron chi connectivity index (χ3n) is 3.69. The summed E-state index contributed by atoms with van der Waals surface area (Å²) in [5.41, 5.74) is 8.00. The molecule has 0 fully saturated rings. The first-order valence-electron chi connectivity index (χ1n) is 7.86. The monoisotopic (exact) mass is 364 g/mol. The molecular weight excluding hydrogens is 344 g/mol. The Morgan fingerprint density at radius 1 is 1.20 bits per heavy atom. The van der Waals surface area contributed by atoms with Crippen LogP contribution in [0.15, 0.2) is 36.4 Å². The Morgan fingerprint density at radius 2 is 1.88 bits per heavy atom. The second-order valence-corrected chi connectivity index (χ2v) is 5.42. The Labute approximate surface area is 152 Å². The van der Waals surface area contributed by atoms with Crippen LogP contribution in [0.3, 0.4) is 0 Å². The van der Waals surface area contributed by atoms with E-state index in [0.29, 0.717) is 42.3 Å². The number of carbonyl (C=O) groups excluding carboxylic acids is 1. The van der Waals surface area contributed by atoms with E-state index in [2.05, 4.69) is 5.32 Å². The number of carbonyl (C=O) groups is 1. The number of nitrogens with two attached hydrogens (primary N) is 1. The number of hydrogen-bond acceptors (Lipinski definition) is 5. The smallest absolute Gasteiger partial charge is 0.231 e. The summed E-state index contributed by atoms with van der Waals surface area (Å²) < 4.78 is 15.9. The lowest BCUT2D eigenvalue weighted by Crippen LogP contribution is -2.13. The average Bonchev–Trinajstić information content (AvgIpc) is 3.02. The van der Waals surface area contributed by atoms with Crippen molar-refractivity contribution in [1.82, 2.24) is 0 Å². The Balaban J connectivity index is 0.00000225. The number of nitrogens with one attached hydrogen (secondary N) is 1. The fourth-order valence-electron chi connectivity index (χ4n) is 2.46. The molecule has 1 amide bonds. The van der Waals surface area contributed by atoms with Crippen LogP contribution in [0.25, 0.3) is 0 Å². The molecule has 0 spiro atoms. The largest absolute Gasteiger partial charge is 0.494 e. The van der Waals surface area contributed by atoms with Crippen molar-refractivity contribution in [2.24, 2.45) is 0 Å². The number of fused-ring (bicyclic) bond motifs is 1. The van der Waals surface area contributed by atoms with E-state index in [1.54, 1.807) is 12.1 Å². The summed E-state index contributed by atoms with van der Waals surface area (Å²) in [7, 11) is 0. The van der Waals surface area contributed by atoms with Gasteiger partial charge in [-0.25, -0.2) is 0 Å². The van der Waals surface area contributed by atoms with Gasteiger partial charge < -0.3 is 25.3 Å². The molecule has 0 radical (unpaired) electrons. The zero-order chi connectivity index (χ0) is 16.9. The topological polar surface area (TPSA) is 82.8 Å². The lowest BCUT2D eigenvalue weighted by Gasteiger charge is -2.10. The van der Waals surface area contributed by atoms with E-state index in [9.17, 15) is 4.79 Å². The molecule has 0 saturated heterocycles. The molecule has 0 aromatic heterocycles. The molecule has 7 heteroatoms. The number of amides is 1. The summed E-state index contributed by atoms with van der Waals surface area (Å²) in [4.78, 5) is 12.1. The fourth-order valence-corrected chi connectivity index (χ4v) is 2.46. The lowest BCUT2D eigenvalue weighted by molar-refractivity contribution is -0.116. The summed E-state index contributed by atoms with van der Waals surface area (Å²) in [6.07, 6.45) is 1.00. The van der Waals surface area contributed by atoms with E-state index in [-0.39, 0.29) is 25.1 Å². The lowest BCUT2D eigenvalue weighted by atomic mass is 10.1. The van der Waals surface area contributed by atoms with Crippen LogP contribution >= 0.6 is 12.4 Å².